The van der Waals surface area contributed by atoms with E-state index in [-0.39, 0.29) is 24.3 Å². The summed E-state index contributed by atoms with van der Waals surface area (Å²) in [6.45, 7) is 3.57. The number of carbonyl (C=O) groups is 2. The normalized spacial score (nSPS) is 26.6. The quantitative estimate of drug-likeness (QED) is 0.628. The molecule has 1 aliphatic heterocycles. The number of rotatable bonds is 4. The lowest BCUT2D eigenvalue weighted by Gasteiger charge is -2.44. The van der Waals surface area contributed by atoms with Gasteiger partial charge < -0.3 is 15.2 Å². The van der Waals surface area contributed by atoms with E-state index in [1.54, 1.807) is 13.8 Å². The third-order valence-electron chi connectivity index (χ3n) is 2.68. The van der Waals surface area contributed by atoms with Crippen LogP contribution in [0.25, 0.3) is 0 Å². The molecule has 1 saturated heterocycles. The van der Waals surface area contributed by atoms with Crippen molar-refractivity contribution >= 4 is 11.9 Å². The van der Waals surface area contributed by atoms with E-state index in [2.05, 4.69) is 5.32 Å². The maximum Gasteiger partial charge on any atom is 0.305 e. The van der Waals surface area contributed by atoms with Gasteiger partial charge in [-0.3, -0.25) is 9.59 Å². The monoisotopic (exact) mass is 201 g/mol. The molecule has 0 saturated carbocycles. The first-order valence-electron chi connectivity index (χ1n) is 4.46. The molecule has 0 aromatic carbocycles. The van der Waals surface area contributed by atoms with Gasteiger partial charge in [0.1, 0.15) is 0 Å². The Morgan fingerprint density at radius 1 is 1.64 bits per heavy atom. The van der Waals surface area contributed by atoms with Crippen molar-refractivity contribution in [3.8, 4) is 0 Å². The van der Waals surface area contributed by atoms with Crippen LogP contribution in [-0.4, -0.2) is 35.7 Å². The number of methoxy groups -OCH3 is 1. The second kappa shape index (κ2) is 3.57. The number of carboxylic acid groups (broad SMARTS) is 1. The molecule has 1 heterocycles. The van der Waals surface area contributed by atoms with Crippen LogP contribution < -0.4 is 5.32 Å². The first-order valence-corrected chi connectivity index (χ1v) is 4.46. The molecule has 80 valence electrons. The molecule has 5 heteroatoms. The summed E-state index contributed by atoms with van der Waals surface area (Å²) in [5, 5.41) is 11.2. The average Bonchev–Trinajstić information content (AvgIpc) is 2.01. The zero-order chi connectivity index (χ0) is 10.9. The maximum atomic E-state index is 11.2. The zero-order valence-corrected chi connectivity index (χ0v) is 8.53. The van der Waals surface area contributed by atoms with Crippen LogP contribution in [0.4, 0.5) is 0 Å². The largest absolute Gasteiger partial charge is 0.481 e. The van der Waals surface area contributed by atoms with Crippen molar-refractivity contribution < 1.29 is 19.4 Å². The molecule has 5 nitrogen and oxygen atoms in total. The van der Waals surface area contributed by atoms with Crippen molar-refractivity contribution in [3.63, 3.8) is 0 Å². The molecule has 0 spiro atoms. The summed E-state index contributed by atoms with van der Waals surface area (Å²) in [4.78, 5) is 21.7. The van der Waals surface area contributed by atoms with Gasteiger partial charge in [0.25, 0.3) is 0 Å². The van der Waals surface area contributed by atoms with E-state index in [9.17, 15) is 9.59 Å². The van der Waals surface area contributed by atoms with Crippen molar-refractivity contribution in [3.05, 3.63) is 0 Å². The van der Waals surface area contributed by atoms with Gasteiger partial charge in [0, 0.05) is 7.11 Å². The summed E-state index contributed by atoms with van der Waals surface area (Å²) in [6.07, 6.45) is -0.0524. The third kappa shape index (κ3) is 1.87. The number of β-lactam (4-membered cyclic amide) rings is 1. The minimum absolute atomic E-state index is 0.0524. The highest BCUT2D eigenvalue weighted by atomic mass is 16.5. The van der Waals surface area contributed by atoms with Crippen LogP contribution in [0.2, 0.25) is 0 Å². The Labute approximate surface area is 82.4 Å². The first-order chi connectivity index (χ1) is 6.38. The van der Waals surface area contributed by atoms with E-state index in [1.807, 2.05) is 0 Å². The highest BCUT2D eigenvalue weighted by Gasteiger charge is 2.49. The Morgan fingerprint density at radius 3 is 2.57 bits per heavy atom. The molecule has 0 aliphatic carbocycles. The summed E-state index contributed by atoms with van der Waals surface area (Å²) >= 11 is 0. The fourth-order valence-electron chi connectivity index (χ4n) is 1.73. The first kappa shape index (κ1) is 11.0. The molecule has 0 unspecified atom stereocenters. The molecule has 0 aromatic rings. The van der Waals surface area contributed by atoms with E-state index >= 15 is 0 Å². The molecular weight excluding hydrogens is 186 g/mol. The predicted molar refractivity (Wildman–Crippen MR) is 48.8 cm³/mol. The number of carboxylic acids is 1. The fourth-order valence-corrected chi connectivity index (χ4v) is 1.73. The lowest BCUT2D eigenvalue weighted by molar-refractivity contribution is -0.154. The third-order valence-corrected chi connectivity index (χ3v) is 2.68. The molecule has 2 N–H and O–H groups in total. The van der Waals surface area contributed by atoms with Crippen molar-refractivity contribution in [2.24, 2.45) is 5.92 Å². The average molecular weight is 201 g/mol. The second-order valence-electron chi connectivity index (χ2n) is 4.00. The van der Waals surface area contributed by atoms with Gasteiger partial charge in [-0.05, 0) is 13.8 Å². The Balaban J connectivity index is 2.66. The minimum atomic E-state index is -0.910. The molecule has 1 amide bonds. The molecule has 0 radical (unpaired) electrons. The summed E-state index contributed by atoms with van der Waals surface area (Å²) in [7, 11) is 1.52. The number of carbonyl (C=O) groups excluding carboxylic acids is 1. The molecular formula is C9H15NO4. The molecule has 1 aliphatic rings. The molecule has 1 rings (SSSR count). The fraction of sp³-hybridized carbons (Fsp3) is 0.778. The van der Waals surface area contributed by atoms with Gasteiger partial charge >= 0.3 is 5.97 Å². The number of ether oxygens (including phenoxy) is 1. The Bertz CT molecular complexity index is 262. The minimum Gasteiger partial charge on any atom is -0.481 e. The topological polar surface area (TPSA) is 75.6 Å². The maximum absolute atomic E-state index is 11.2. The SMILES string of the molecule is COC(C)(C)[C@@H]1C(=O)N[C@@H]1CC(=O)O. The molecule has 14 heavy (non-hydrogen) atoms. The number of nitrogens with one attached hydrogen (secondary N) is 1. The van der Waals surface area contributed by atoms with Gasteiger partial charge in [0.05, 0.1) is 24.0 Å². The highest BCUT2D eigenvalue weighted by molar-refractivity contribution is 5.88. The number of hydrogen-bond donors (Lipinski definition) is 2. The number of aliphatic carboxylic acids is 1. The van der Waals surface area contributed by atoms with Crippen molar-refractivity contribution in [2.75, 3.05) is 7.11 Å². The van der Waals surface area contributed by atoms with Gasteiger partial charge in [-0.25, -0.2) is 0 Å². The highest BCUT2D eigenvalue weighted by Crippen LogP contribution is 2.31. The van der Waals surface area contributed by atoms with Crippen LogP contribution in [0.15, 0.2) is 0 Å². The van der Waals surface area contributed by atoms with Gasteiger partial charge in [-0.15, -0.1) is 0 Å². The lowest BCUT2D eigenvalue weighted by Crippen LogP contribution is -2.66. The molecule has 2 atom stereocenters. The Hall–Kier alpha value is -1.10. The van der Waals surface area contributed by atoms with E-state index in [1.165, 1.54) is 7.11 Å². The summed E-state index contributed by atoms with van der Waals surface area (Å²) < 4.78 is 5.17. The van der Waals surface area contributed by atoms with E-state index in [0.717, 1.165) is 0 Å². The summed E-state index contributed by atoms with van der Waals surface area (Å²) in [6, 6.07) is -0.310. The van der Waals surface area contributed by atoms with Crippen LogP contribution in [0, 0.1) is 5.92 Å². The predicted octanol–water partition coefficient (Wildman–Crippen LogP) is 0.000700. The Morgan fingerprint density at radius 2 is 2.21 bits per heavy atom. The van der Waals surface area contributed by atoms with Crippen LogP contribution in [0.5, 0.6) is 0 Å². The van der Waals surface area contributed by atoms with Crippen LogP contribution in [-0.2, 0) is 14.3 Å². The van der Waals surface area contributed by atoms with Gasteiger partial charge in [-0.1, -0.05) is 0 Å². The van der Waals surface area contributed by atoms with Crippen LogP contribution in [0.3, 0.4) is 0 Å². The summed E-state index contributed by atoms with van der Waals surface area (Å²) in [5.41, 5.74) is -0.609. The van der Waals surface area contributed by atoms with Gasteiger partial charge in [0.2, 0.25) is 5.91 Å². The summed E-state index contributed by atoms with van der Waals surface area (Å²) in [5.74, 6) is -1.42. The standard InChI is InChI=1S/C9H15NO4/c1-9(2,14-3)7-5(4-6(11)12)10-8(7)13/h5,7H,4H2,1-3H3,(H,10,13)(H,11,12)/t5-,7+/m1/s1. The number of amides is 1. The van der Waals surface area contributed by atoms with Gasteiger partial charge in [-0.2, -0.15) is 0 Å². The second-order valence-corrected chi connectivity index (χ2v) is 4.00. The van der Waals surface area contributed by atoms with E-state index in [4.69, 9.17) is 9.84 Å². The smallest absolute Gasteiger partial charge is 0.305 e. The zero-order valence-electron chi connectivity index (χ0n) is 8.53. The van der Waals surface area contributed by atoms with Crippen molar-refractivity contribution in [1.29, 1.82) is 0 Å². The van der Waals surface area contributed by atoms with E-state index in [0.29, 0.717) is 0 Å². The van der Waals surface area contributed by atoms with Crippen molar-refractivity contribution in [1.82, 2.24) is 5.32 Å². The lowest BCUT2D eigenvalue weighted by atomic mass is 9.76. The molecule has 0 bridgehead atoms. The van der Waals surface area contributed by atoms with Gasteiger partial charge in [0.15, 0.2) is 0 Å². The Kier molecular flexibility index (Phi) is 2.80. The van der Waals surface area contributed by atoms with Crippen LogP contribution in [0.1, 0.15) is 20.3 Å². The molecule has 0 aromatic heterocycles. The van der Waals surface area contributed by atoms with E-state index < -0.39 is 11.6 Å². The van der Waals surface area contributed by atoms with Crippen LogP contribution >= 0.6 is 0 Å². The molecule has 1 fully saturated rings. The van der Waals surface area contributed by atoms with Crippen molar-refractivity contribution in [2.45, 2.75) is 31.9 Å². The number of hydrogen-bond acceptors (Lipinski definition) is 3.